The van der Waals surface area contributed by atoms with E-state index in [1.807, 2.05) is 5.48 Å². The Balaban J connectivity index is 0.00000280. The summed E-state index contributed by atoms with van der Waals surface area (Å²) >= 11 is 0. The molecule has 0 spiro atoms. The number of hydroxylamine groups is 1. The van der Waals surface area contributed by atoms with Gasteiger partial charge >= 0.3 is 9.02 Å². The summed E-state index contributed by atoms with van der Waals surface area (Å²) in [6.07, 6.45) is 2.33. The molecule has 3 aromatic rings. The SMILES string of the molecule is O=C(NOP(=O)(O)Cc1ccccc1)c1cnc(-c2ccccn2)nc1O.[H+]. The Bertz CT molecular complexity index is 991. The summed E-state index contributed by atoms with van der Waals surface area (Å²) in [4.78, 5) is 33.7. The summed E-state index contributed by atoms with van der Waals surface area (Å²) in [5.41, 5.74) is 2.53. The second-order valence-electron chi connectivity index (χ2n) is 5.45. The number of benzene rings is 1. The first-order chi connectivity index (χ1) is 12.9. The number of rotatable bonds is 6. The van der Waals surface area contributed by atoms with Gasteiger partial charge in [-0.25, -0.2) is 10.5 Å². The van der Waals surface area contributed by atoms with Crippen LogP contribution in [0.1, 0.15) is 17.3 Å². The van der Waals surface area contributed by atoms with Crippen LogP contribution in [0.3, 0.4) is 0 Å². The lowest BCUT2D eigenvalue weighted by Gasteiger charge is -2.12. The second-order valence-corrected chi connectivity index (χ2v) is 7.22. The lowest BCUT2D eigenvalue weighted by molar-refractivity contribution is 0.0725. The van der Waals surface area contributed by atoms with E-state index in [1.165, 1.54) is 6.20 Å². The molecule has 0 radical (unpaired) electrons. The number of carbonyl (C=O) groups is 1. The number of carbonyl (C=O) groups excluding carboxylic acids is 1. The summed E-state index contributed by atoms with van der Waals surface area (Å²) in [6.45, 7) is 0. The number of amides is 1. The molecule has 0 saturated heterocycles. The molecule has 9 nitrogen and oxygen atoms in total. The van der Waals surface area contributed by atoms with Gasteiger partial charge < -0.3 is 10.00 Å². The topological polar surface area (TPSA) is 135 Å². The molecule has 0 saturated carbocycles. The van der Waals surface area contributed by atoms with E-state index in [4.69, 9.17) is 0 Å². The number of nitrogens with zero attached hydrogens (tertiary/aromatic N) is 3. The van der Waals surface area contributed by atoms with Crippen molar-refractivity contribution in [3.8, 4) is 17.4 Å². The Morgan fingerprint density at radius 3 is 2.56 bits per heavy atom. The van der Waals surface area contributed by atoms with Crippen LogP contribution in [0.5, 0.6) is 5.88 Å². The van der Waals surface area contributed by atoms with Crippen LogP contribution >= 0.6 is 7.60 Å². The lowest BCUT2D eigenvalue weighted by Crippen LogP contribution is -2.23. The molecule has 3 N–H and O–H groups in total. The Morgan fingerprint density at radius 1 is 1.15 bits per heavy atom. The number of aromatic hydroxyl groups is 1. The fourth-order valence-corrected chi connectivity index (χ4v) is 3.13. The molecule has 1 atom stereocenters. The fourth-order valence-electron chi connectivity index (χ4n) is 2.17. The highest BCUT2D eigenvalue weighted by molar-refractivity contribution is 7.51. The Kier molecular flexibility index (Phi) is 5.56. The lowest BCUT2D eigenvalue weighted by atomic mass is 10.2. The van der Waals surface area contributed by atoms with E-state index in [0.29, 0.717) is 11.3 Å². The van der Waals surface area contributed by atoms with Gasteiger partial charge in [0.25, 0.3) is 5.91 Å². The average molecular weight is 387 g/mol. The van der Waals surface area contributed by atoms with Crippen LogP contribution in [0.25, 0.3) is 11.5 Å². The monoisotopic (exact) mass is 387 g/mol. The standard InChI is InChI=1S/C17H15N4O5P/c22-16-13(10-19-15(20-16)14-8-4-5-9-18-14)17(23)21-26-27(24,25)11-12-6-2-1-3-7-12/h1-10H,11H2,(H,21,23)(H,24,25)(H,19,20,22)/p+1. The zero-order chi connectivity index (χ0) is 19.3. The van der Waals surface area contributed by atoms with Crippen LogP contribution in [0.4, 0.5) is 0 Å². The normalized spacial score (nSPS) is 12.9. The first-order valence-electron chi connectivity index (χ1n) is 7.77. The van der Waals surface area contributed by atoms with E-state index >= 15 is 0 Å². The van der Waals surface area contributed by atoms with E-state index < -0.39 is 19.4 Å². The van der Waals surface area contributed by atoms with Crippen LogP contribution < -0.4 is 5.48 Å². The largest absolute Gasteiger partial charge is 1.00 e. The van der Waals surface area contributed by atoms with Crippen molar-refractivity contribution >= 4 is 13.5 Å². The van der Waals surface area contributed by atoms with E-state index in [-0.39, 0.29) is 19.0 Å². The van der Waals surface area contributed by atoms with Crippen LogP contribution in [0.15, 0.2) is 60.9 Å². The summed E-state index contributed by atoms with van der Waals surface area (Å²) in [5.74, 6) is -1.44. The third-order valence-electron chi connectivity index (χ3n) is 3.41. The molecule has 138 valence electrons. The quantitative estimate of drug-likeness (QED) is 0.434. The molecular weight excluding hydrogens is 371 g/mol. The molecule has 0 fully saturated rings. The molecule has 0 aliphatic rings. The number of nitrogens with one attached hydrogen (secondary N) is 1. The molecule has 1 amide bonds. The van der Waals surface area contributed by atoms with Gasteiger partial charge in [0, 0.05) is 12.4 Å². The average Bonchev–Trinajstić information content (AvgIpc) is 2.67. The van der Waals surface area contributed by atoms with Crippen molar-refractivity contribution in [2.75, 3.05) is 0 Å². The third-order valence-corrected chi connectivity index (χ3v) is 4.55. The maximum atomic E-state index is 12.1. The molecule has 2 heterocycles. The van der Waals surface area contributed by atoms with Gasteiger partial charge in [-0.05, 0) is 17.7 Å². The molecule has 3 rings (SSSR count). The first kappa shape index (κ1) is 18.7. The molecular formula is C17H16N4O5P+. The van der Waals surface area contributed by atoms with Crippen molar-refractivity contribution in [1.82, 2.24) is 20.4 Å². The predicted octanol–water partition coefficient (Wildman–Crippen LogP) is 2.40. The zero-order valence-corrected chi connectivity index (χ0v) is 14.8. The summed E-state index contributed by atoms with van der Waals surface area (Å²) in [5, 5.41) is 9.96. The van der Waals surface area contributed by atoms with Crippen molar-refractivity contribution in [1.29, 1.82) is 0 Å². The van der Waals surface area contributed by atoms with E-state index in [9.17, 15) is 19.4 Å². The maximum Gasteiger partial charge on any atom is 1.00 e. The highest BCUT2D eigenvalue weighted by atomic mass is 31.2. The molecule has 0 aliphatic carbocycles. The van der Waals surface area contributed by atoms with Gasteiger partial charge in [-0.1, -0.05) is 36.4 Å². The second kappa shape index (κ2) is 8.05. The van der Waals surface area contributed by atoms with Crippen LogP contribution in [-0.4, -0.2) is 30.9 Å². The third kappa shape index (κ3) is 4.95. The van der Waals surface area contributed by atoms with Gasteiger partial charge in [-0.2, -0.15) is 9.61 Å². The van der Waals surface area contributed by atoms with Gasteiger partial charge in [0.15, 0.2) is 5.82 Å². The first-order valence-corrected chi connectivity index (χ1v) is 9.53. The van der Waals surface area contributed by atoms with Crippen molar-refractivity contribution in [2.45, 2.75) is 6.16 Å². The number of pyridine rings is 1. The Hall–Kier alpha value is -3.13. The zero-order valence-electron chi connectivity index (χ0n) is 14.9. The van der Waals surface area contributed by atoms with Crippen molar-refractivity contribution in [3.63, 3.8) is 0 Å². The molecule has 0 aliphatic heterocycles. The van der Waals surface area contributed by atoms with Gasteiger partial charge in [-0.3, -0.25) is 14.3 Å². The maximum absolute atomic E-state index is 12.1. The molecule has 0 bridgehead atoms. The molecule has 10 heteroatoms. The minimum absolute atomic E-state index is 0. The smallest absolute Gasteiger partial charge is 0.493 e. The van der Waals surface area contributed by atoms with E-state index in [2.05, 4.69) is 19.6 Å². The van der Waals surface area contributed by atoms with Crippen molar-refractivity contribution in [3.05, 3.63) is 72.1 Å². The van der Waals surface area contributed by atoms with Crippen LogP contribution in [0.2, 0.25) is 0 Å². The molecule has 1 aromatic carbocycles. The van der Waals surface area contributed by atoms with Crippen LogP contribution in [0, 0.1) is 0 Å². The van der Waals surface area contributed by atoms with Gasteiger partial charge in [0.2, 0.25) is 5.88 Å². The highest BCUT2D eigenvalue weighted by Gasteiger charge is 2.24. The Labute approximate surface area is 155 Å². The number of hydrogen-bond acceptors (Lipinski definition) is 7. The Morgan fingerprint density at radius 2 is 1.89 bits per heavy atom. The minimum atomic E-state index is -4.13. The van der Waals surface area contributed by atoms with Crippen molar-refractivity contribution < 1.29 is 25.4 Å². The molecule has 27 heavy (non-hydrogen) atoms. The van der Waals surface area contributed by atoms with Gasteiger partial charge in [0.1, 0.15) is 11.3 Å². The van der Waals surface area contributed by atoms with E-state index in [1.54, 1.807) is 48.5 Å². The van der Waals surface area contributed by atoms with Crippen LogP contribution in [-0.2, 0) is 15.4 Å². The van der Waals surface area contributed by atoms with Gasteiger partial charge in [-0.15, -0.1) is 0 Å². The fraction of sp³-hybridized carbons (Fsp3) is 0.0588. The molecule has 2 aromatic heterocycles. The summed E-state index contributed by atoms with van der Waals surface area (Å²) in [7, 11) is -4.13. The van der Waals surface area contributed by atoms with Crippen molar-refractivity contribution in [2.24, 2.45) is 0 Å². The highest BCUT2D eigenvalue weighted by Crippen LogP contribution is 2.44. The summed E-state index contributed by atoms with van der Waals surface area (Å²) in [6, 6.07) is 13.6. The van der Waals surface area contributed by atoms with Gasteiger partial charge in [0.05, 0.1) is 6.16 Å². The summed E-state index contributed by atoms with van der Waals surface area (Å²) < 4.78 is 16.7. The predicted molar refractivity (Wildman–Crippen MR) is 96.6 cm³/mol. The molecule has 1 unspecified atom stereocenters. The van der Waals surface area contributed by atoms with E-state index in [0.717, 1.165) is 6.20 Å². The number of hydrogen-bond donors (Lipinski definition) is 3. The minimum Gasteiger partial charge on any atom is -0.493 e. The number of aromatic nitrogens is 3.